The molecule has 16 heavy (non-hydrogen) atoms. The van der Waals surface area contributed by atoms with Crippen LogP contribution in [0, 0.1) is 6.92 Å². The minimum Gasteiger partial charge on any atom is -0.383 e. The Labute approximate surface area is 104 Å². The van der Waals surface area contributed by atoms with E-state index < -0.39 is 0 Å². The van der Waals surface area contributed by atoms with Crippen LogP contribution in [-0.4, -0.2) is 36.5 Å². The second kappa shape index (κ2) is 6.83. The van der Waals surface area contributed by atoms with Crippen LogP contribution in [0.4, 0.5) is 0 Å². The van der Waals surface area contributed by atoms with Crippen molar-refractivity contribution in [2.45, 2.75) is 19.4 Å². The minimum atomic E-state index is -0.113. The van der Waals surface area contributed by atoms with E-state index in [9.17, 15) is 4.79 Å². The quantitative estimate of drug-likeness (QED) is 0.796. The molecule has 0 bridgehead atoms. The number of rotatable bonds is 6. The summed E-state index contributed by atoms with van der Waals surface area (Å²) in [5.74, 6) is 0.383. The molecule has 0 saturated carbocycles. The molecule has 6 heteroatoms. The Morgan fingerprint density at radius 2 is 2.50 bits per heavy atom. The molecule has 1 unspecified atom stereocenters. The lowest BCUT2D eigenvalue weighted by molar-refractivity contribution is 0.0899. The molecule has 0 radical (unpaired) electrons. The standard InChI is InChI=1S/C10H15ClN2O2S/c1-7-12-5-9(16-7)10(14)13-8(3-4-11)6-15-2/h5,8H,3-4,6H2,1-2H3,(H,13,14). The Balaban J connectivity index is 2.54. The Morgan fingerprint density at radius 1 is 1.75 bits per heavy atom. The van der Waals surface area contributed by atoms with Gasteiger partial charge in [0.05, 0.1) is 23.9 Å². The summed E-state index contributed by atoms with van der Waals surface area (Å²) in [6.07, 6.45) is 2.28. The highest BCUT2D eigenvalue weighted by molar-refractivity contribution is 7.13. The third-order valence-electron chi connectivity index (χ3n) is 2.01. The number of amides is 1. The van der Waals surface area contributed by atoms with E-state index in [0.29, 0.717) is 23.8 Å². The zero-order valence-electron chi connectivity index (χ0n) is 9.33. The van der Waals surface area contributed by atoms with Crippen LogP contribution in [0.15, 0.2) is 6.20 Å². The second-order valence-corrected chi connectivity index (χ2v) is 4.96. The van der Waals surface area contributed by atoms with Crippen LogP contribution in [0.25, 0.3) is 0 Å². The number of hydrogen-bond donors (Lipinski definition) is 1. The van der Waals surface area contributed by atoms with Crippen molar-refractivity contribution in [2.24, 2.45) is 0 Å². The van der Waals surface area contributed by atoms with E-state index >= 15 is 0 Å². The fourth-order valence-electron chi connectivity index (χ4n) is 1.25. The maximum absolute atomic E-state index is 11.8. The van der Waals surface area contributed by atoms with Gasteiger partial charge in [-0.3, -0.25) is 4.79 Å². The lowest BCUT2D eigenvalue weighted by Crippen LogP contribution is -2.38. The number of alkyl halides is 1. The molecule has 0 saturated heterocycles. The largest absolute Gasteiger partial charge is 0.383 e. The number of nitrogens with zero attached hydrogens (tertiary/aromatic N) is 1. The Hall–Kier alpha value is -0.650. The van der Waals surface area contributed by atoms with E-state index in [2.05, 4.69) is 10.3 Å². The summed E-state index contributed by atoms with van der Waals surface area (Å²) >= 11 is 7.03. The fraction of sp³-hybridized carbons (Fsp3) is 0.600. The van der Waals surface area contributed by atoms with Gasteiger partial charge in [0, 0.05) is 13.0 Å². The van der Waals surface area contributed by atoms with Gasteiger partial charge in [-0.2, -0.15) is 0 Å². The first kappa shape index (κ1) is 13.4. The van der Waals surface area contributed by atoms with E-state index in [1.165, 1.54) is 11.3 Å². The number of carbonyl (C=O) groups is 1. The fourth-order valence-corrected chi connectivity index (χ4v) is 2.20. The van der Waals surface area contributed by atoms with Gasteiger partial charge in [0.2, 0.25) is 0 Å². The van der Waals surface area contributed by atoms with Crippen LogP contribution in [0.3, 0.4) is 0 Å². The number of hydrogen-bond acceptors (Lipinski definition) is 4. The van der Waals surface area contributed by atoms with E-state index in [1.54, 1.807) is 13.3 Å². The van der Waals surface area contributed by atoms with Crippen molar-refractivity contribution in [1.82, 2.24) is 10.3 Å². The van der Waals surface area contributed by atoms with Crippen LogP contribution >= 0.6 is 22.9 Å². The van der Waals surface area contributed by atoms with Gasteiger partial charge in [0.1, 0.15) is 4.88 Å². The molecule has 1 heterocycles. The molecule has 1 rings (SSSR count). The molecule has 1 amide bonds. The highest BCUT2D eigenvalue weighted by atomic mass is 35.5. The summed E-state index contributed by atoms with van der Waals surface area (Å²) in [5.41, 5.74) is 0. The normalized spacial score (nSPS) is 12.4. The molecule has 1 aromatic rings. The summed E-state index contributed by atoms with van der Waals surface area (Å²) in [7, 11) is 1.60. The molecule has 1 aromatic heterocycles. The van der Waals surface area contributed by atoms with Gasteiger partial charge in [-0.25, -0.2) is 4.98 Å². The molecule has 0 spiro atoms. The van der Waals surface area contributed by atoms with Crippen LogP contribution in [0.1, 0.15) is 21.1 Å². The number of aryl methyl sites for hydroxylation is 1. The third-order valence-corrected chi connectivity index (χ3v) is 3.14. The van der Waals surface area contributed by atoms with Crippen LogP contribution in [0.5, 0.6) is 0 Å². The van der Waals surface area contributed by atoms with Gasteiger partial charge >= 0.3 is 0 Å². The highest BCUT2D eigenvalue weighted by Gasteiger charge is 2.14. The van der Waals surface area contributed by atoms with E-state index in [0.717, 1.165) is 5.01 Å². The van der Waals surface area contributed by atoms with Gasteiger partial charge in [0.25, 0.3) is 5.91 Å². The lowest BCUT2D eigenvalue weighted by atomic mass is 10.2. The van der Waals surface area contributed by atoms with Crippen molar-refractivity contribution < 1.29 is 9.53 Å². The predicted octanol–water partition coefficient (Wildman–Crippen LogP) is 1.83. The number of halogens is 1. The van der Waals surface area contributed by atoms with Crippen molar-refractivity contribution in [3.63, 3.8) is 0 Å². The molecular weight excluding hydrogens is 248 g/mol. The Morgan fingerprint density at radius 3 is 3.00 bits per heavy atom. The van der Waals surface area contributed by atoms with Gasteiger partial charge in [-0.15, -0.1) is 22.9 Å². The van der Waals surface area contributed by atoms with Crippen molar-refractivity contribution in [2.75, 3.05) is 19.6 Å². The van der Waals surface area contributed by atoms with Gasteiger partial charge in [-0.1, -0.05) is 0 Å². The summed E-state index contributed by atoms with van der Waals surface area (Å²) in [4.78, 5) is 16.4. The number of thiazole rings is 1. The average molecular weight is 263 g/mol. The Kier molecular flexibility index (Phi) is 5.73. The maximum atomic E-state index is 11.8. The van der Waals surface area contributed by atoms with Crippen molar-refractivity contribution in [3.8, 4) is 0 Å². The van der Waals surface area contributed by atoms with E-state index in [4.69, 9.17) is 16.3 Å². The molecule has 1 N–H and O–H groups in total. The zero-order valence-corrected chi connectivity index (χ0v) is 10.9. The monoisotopic (exact) mass is 262 g/mol. The summed E-state index contributed by atoms with van der Waals surface area (Å²) in [6, 6.07) is -0.0441. The minimum absolute atomic E-state index is 0.0441. The van der Waals surface area contributed by atoms with Gasteiger partial charge < -0.3 is 10.1 Å². The Bertz CT molecular complexity index is 337. The highest BCUT2D eigenvalue weighted by Crippen LogP contribution is 2.11. The first-order chi connectivity index (χ1) is 7.67. The van der Waals surface area contributed by atoms with Crippen molar-refractivity contribution in [1.29, 1.82) is 0 Å². The topological polar surface area (TPSA) is 51.2 Å². The van der Waals surface area contributed by atoms with Crippen molar-refractivity contribution >= 4 is 28.8 Å². The summed E-state index contributed by atoms with van der Waals surface area (Å²) in [5, 5.41) is 3.75. The predicted molar refractivity (Wildman–Crippen MR) is 65.3 cm³/mol. The lowest BCUT2D eigenvalue weighted by Gasteiger charge is -2.15. The first-order valence-corrected chi connectivity index (χ1v) is 6.30. The third kappa shape index (κ3) is 4.08. The number of methoxy groups -OCH3 is 1. The maximum Gasteiger partial charge on any atom is 0.263 e. The average Bonchev–Trinajstić information content (AvgIpc) is 2.65. The SMILES string of the molecule is COCC(CCCl)NC(=O)c1cnc(C)s1. The van der Waals surface area contributed by atoms with Crippen LogP contribution in [0.2, 0.25) is 0 Å². The zero-order chi connectivity index (χ0) is 12.0. The molecule has 4 nitrogen and oxygen atoms in total. The van der Waals surface area contributed by atoms with Crippen LogP contribution < -0.4 is 5.32 Å². The molecule has 1 atom stereocenters. The van der Waals surface area contributed by atoms with E-state index in [1.807, 2.05) is 6.92 Å². The number of aromatic nitrogens is 1. The summed E-state index contributed by atoms with van der Waals surface area (Å²) in [6.45, 7) is 2.34. The number of nitrogens with one attached hydrogen (secondary N) is 1. The summed E-state index contributed by atoms with van der Waals surface area (Å²) < 4.78 is 5.01. The molecule has 0 aliphatic rings. The van der Waals surface area contributed by atoms with Crippen molar-refractivity contribution in [3.05, 3.63) is 16.1 Å². The van der Waals surface area contributed by atoms with Crippen LogP contribution in [-0.2, 0) is 4.74 Å². The number of ether oxygens (including phenoxy) is 1. The molecule has 0 aromatic carbocycles. The van der Waals surface area contributed by atoms with Gasteiger partial charge in [-0.05, 0) is 13.3 Å². The smallest absolute Gasteiger partial charge is 0.263 e. The molecule has 0 aliphatic carbocycles. The number of carbonyl (C=O) groups excluding carboxylic acids is 1. The van der Waals surface area contributed by atoms with Gasteiger partial charge in [0.15, 0.2) is 0 Å². The molecule has 90 valence electrons. The first-order valence-electron chi connectivity index (χ1n) is 4.95. The van der Waals surface area contributed by atoms with E-state index in [-0.39, 0.29) is 11.9 Å². The molecule has 0 aliphatic heterocycles. The molecular formula is C10H15ClN2O2S. The molecule has 0 fully saturated rings. The second-order valence-electron chi connectivity index (χ2n) is 3.35.